The summed E-state index contributed by atoms with van der Waals surface area (Å²) in [6.07, 6.45) is 7.81. The molecule has 0 unspecified atom stereocenters. The third kappa shape index (κ3) is 4.78. The Hall–Kier alpha value is -0.430. The average Bonchev–Trinajstić information content (AvgIpc) is 3.40. The molecule has 0 amide bonds. The molecular weight excluding hydrogens is 417 g/mol. The first kappa shape index (κ1) is 18.9. The summed E-state index contributed by atoms with van der Waals surface area (Å²) >= 11 is 1.81. The Morgan fingerprint density at radius 2 is 2.04 bits per heavy atom. The van der Waals surface area contributed by atoms with Crippen LogP contribution in [0.3, 0.4) is 0 Å². The maximum atomic E-state index is 4.37. The smallest absolute Gasteiger partial charge is 0.191 e. The van der Waals surface area contributed by atoms with Crippen LogP contribution in [-0.4, -0.2) is 25.8 Å². The molecule has 23 heavy (non-hydrogen) atoms. The van der Waals surface area contributed by atoms with Gasteiger partial charge in [-0.15, -0.1) is 35.7 Å². The second kappa shape index (κ2) is 8.10. The van der Waals surface area contributed by atoms with Gasteiger partial charge in [-0.25, -0.2) is 0 Å². The first-order valence-electron chi connectivity index (χ1n) is 8.25. The highest BCUT2D eigenvalue weighted by Gasteiger charge is 2.53. The Labute approximate surface area is 161 Å². The molecule has 5 heteroatoms. The van der Waals surface area contributed by atoms with Crippen LogP contribution < -0.4 is 10.6 Å². The van der Waals surface area contributed by atoms with Crippen LogP contribution in [-0.2, 0) is 6.54 Å². The maximum Gasteiger partial charge on any atom is 0.191 e. The minimum atomic E-state index is 0. The average molecular weight is 445 g/mol. The van der Waals surface area contributed by atoms with E-state index < -0.39 is 0 Å². The molecular formula is C18H28IN3S. The van der Waals surface area contributed by atoms with Crippen molar-refractivity contribution in [1.29, 1.82) is 0 Å². The molecule has 2 aliphatic rings. The lowest BCUT2D eigenvalue weighted by Gasteiger charge is -2.18. The molecule has 0 spiro atoms. The first-order chi connectivity index (χ1) is 10.7. The highest BCUT2D eigenvalue weighted by Crippen LogP contribution is 2.60. The quantitative estimate of drug-likeness (QED) is 0.299. The molecule has 0 aliphatic heterocycles. The maximum absolute atomic E-state index is 4.37. The number of hydrogen-bond acceptors (Lipinski definition) is 2. The summed E-state index contributed by atoms with van der Waals surface area (Å²) in [6.45, 7) is 4.05. The van der Waals surface area contributed by atoms with Gasteiger partial charge in [0.15, 0.2) is 5.96 Å². The van der Waals surface area contributed by atoms with Crippen molar-refractivity contribution in [2.24, 2.45) is 16.3 Å². The topological polar surface area (TPSA) is 36.4 Å². The van der Waals surface area contributed by atoms with Gasteiger partial charge in [-0.1, -0.05) is 12.1 Å². The fourth-order valence-corrected chi connectivity index (χ4v) is 3.95. The Balaban J connectivity index is 0.00000192. The summed E-state index contributed by atoms with van der Waals surface area (Å²) < 4.78 is 0. The van der Waals surface area contributed by atoms with E-state index in [-0.39, 0.29) is 24.0 Å². The number of guanidine groups is 1. The molecule has 3 rings (SSSR count). The summed E-state index contributed by atoms with van der Waals surface area (Å²) in [5.74, 6) is 1.91. The molecule has 128 valence electrons. The van der Waals surface area contributed by atoms with Gasteiger partial charge in [-0.3, -0.25) is 4.99 Å². The predicted molar refractivity (Wildman–Crippen MR) is 111 cm³/mol. The minimum absolute atomic E-state index is 0. The Morgan fingerprint density at radius 3 is 2.61 bits per heavy atom. The molecule has 3 nitrogen and oxygen atoms in total. The highest BCUT2D eigenvalue weighted by atomic mass is 127. The Bertz CT molecular complexity index is 565. The number of rotatable bonds is 6. The van der Waals surface area contributed by atoms with Gasteiger partial charge < -0.3 is 10.6 Å². The summed E-state index contributed by atoms with van der Waals surface area (Å²) in [5.41, 5.74) is 3.26. The van der Waals surface area contributed by atoms with Crippen molar-refractivity contribution in [1.82, 2.24) is 10.6 Å². The van der Waals surface area contributed by atoms with Crippen LogP contribution in [0.15, 0.2) is 28.1 Å². The van der Waals surface area contributed by atoms with Gasteiger partial charge in [0, 0.05) is 25.0 Å². The first-order valence-corrected chi connectivity index (χ1v) is 9.47. The van der Waals surface area contributed by atoms with Gasteiger partial charge in [0.05, 0.1) is 0 Å². The minimum Gasteiger partial charge on any atom is -0.356 e. The van der Waals surface area contributed by atoms with Crippen LogP contribution in [0.25, 0.3) is 0 Å². The predicted octanol–water partition coefficient (Wildman–Crippen LogP) is 4.19. The normalized spacial score (nSPS) is 19.0. The molecule has 1 aromatic rings. The van der Waals surface area contributed by atoms with E-state index in [1.807, 2.05) is 18.8 Å². The molecule has 0 aromatic heterocycles. The SMILES string of the molecule is CN=C(NCc1ccc(C)cc1SC)NCC1(C2CC2)CC1.I. The number of halogens is 1. The van der Waals surface area contributed by atoms with Gasteiger partial charge in [-0.2, -0.15) is 0 Å². The second-order valence-corrected chi connectivity index (χ2v) is 7.58. The van der Waals surface area contributed by atoms with E-state index in [1.54, 1.807) is 0 Å². The van der Waals surface area contributed by atoms with Crippen LogP contribution in [0.1, 0.15) is 36.8 Å². The molecule has 0 atom stereocenters. The molecule has 0 radical (unpaired) electrons. The third-order valence-electron chi connectivity index (χ3n) is 5.06. The van der Waals surface area contributed by atoms with Crippen molar-refractivity contribution < 1.29 is 0 Å². The Morgan fingerprint density at radius 1 is 1.30 bits per heavy atom. The second-order valence-electron chi connectivity index (χ2n) is 6.73. The fraction of sp³-hybridized carbons (Fsp3) is 0.611. The number of nitrogens with zero attached hydrogens (tertiary/aromatic N) is 1. The standard InChI is InChI=1S/C18H27N3S.HI/c1-13-4-5-14(16(10-13)22-3)11-20-17(19-2)21-12-18(8-9-18)15-6-7-15;/h4-5,10,15H,6-9,11-12H2,1-3H3,(H2,19,20,21);1H. The summed E-state index contributed by atoms with van der Waals surface area (Å²) in [7, 11) is 1.86. The summed E-state index contributed by atoms with van der Waals surface area (Å²) in [5, 5.41) is 7.01. The van der Waals surface area contributed by atoms with Crippen LogP contribution in [0.4, 0.5) is 0 Å². The molecule has 1 aromatic carbocycles. The van der Waals surface area contributed by atoms with Crippen LogP contribution in [0.5, 0.6) is 0 Å². The highest BCUT2D eigenvalue weighted by molar-refractivity contribution is 14.0. The lowest BCUT2D eigenvalue weighted by molar-refractivity contribution is 0.431. The summed E-state index contributed by atoms with van der Waals surface area (Å²) in [4.78, 5) is 5.72. The van der Waals surface area contributed by atoms with E-state index in [2.05, 4.69) is 47.0 Å². The van der Waals surface area contributed by atoms with Gasteiger partial charge in [-0.05, 0) is 67.4 Å². The number of aliphatic imine (C=N–C) groups is 1. The van der Waals surface area contributed by atoms with Crippen molar-refractivity contribution in [3.63, 3.8) is 0 Å². The van der Waals surface area contributed by atoms with Crippen LogP contribution >= 0.6 is 35.7 Å². The molecule has 2 aliphatic carbocycles. The number of thioether (sulfide) groups is 1. The van der Waals surface area contributed by atoms with Crippen molar-refractivity contribution in [2.75, 3.05) is 19.8 Å². The van der Waals surface area contributed by atoms with E-state index in [4.69, 9.17) is 0 Å². The molecule has 0 saturated heterocycles. The van der Waals surface area contributed by atoms with Crippen molar-refractivity contribution in [2.45, 2.75) is 44.0 Å². The summed E-state index contributed by atoms with van der Waals surface area (Å²) in [6, 6.07) is 6.65. The van der Waals surface area contributed by atoms with E-state index >= 15 is 0 Å². The van der Waals surface area contributed by atoms with Gasteiger partial charge in [0.2, 0.25) is 0 Å². The van der Waals surface area contributed by atoms with Gasteiger partial charge in [0.25, 0.3) is 0 Å². The largest absolute Gasteiger partial charge is 0.356 e. The third-order valence-corrected chi connectivity index (χ3v) is 5.88. The number of aryl methyl sites for hydroxylation is 1. The number of nitrogens with one attached hydrogen (secondary N) is 2. The number of hydrogen-bond donors (Lipinski definition) is 2. The molecule has 2 saturated carbocycles. The fourth-order valence-electron chi connectivity index (χ4n) is 3.24. The lowest BCUT2D eigenvalue weighted by Crippen LogP contribution is -2.40. The zero-order valence-electron chi connectivity index (χ0n) is 14.3. The van der Waals surface area contributed by atoms with E-state index in [1.165, 1.54) is 41.7 Å². The zero-order chi connectivity index (χ0) is 15.6. The van der Waals surface area contributed by atoms with Crippen LogP contribution in [0, 0.1) is 18.3 Å². The van der Waals surface area contributed by atoms with Gasteiger partial charge >= 0.3 is 0 Å². The zero-order valence-corrected chi connectivity index (χ0v) is 17.5. The van der Waals surface area contributed by atoms with Crippen LogP contribution in [0.2, 0.25) is 0 Å². The van der Waals surface area contributed by atoms with E-state index in [0.29, 0.717) is 5.41 Å². The lowest BCUT2D eigenvalue weighted by atomic mass is 10.0. The monoisotopic (exact) mass is 445 g/mol. The van der Waals surface area contributed by atoms with Crippen molar-refractivity contribution in [3.8, 4) is 0 Å². The van der Waals surface area contributed by atoms with E-state index in [0.717, 1.165) is 25.0 Å². The Kier molecular flexibility index (Phi) is 6.66. The van der Waals surface area contributed by atoms with E-state index in [9.17, 15) is 0 Å². The molecule has 0 heterocycles. The van der Waals surface area contributed by atoms with Crippen molar-refractivity contribution in [3.05, 3.63) is 29.3 Å². The number of benzene rings is 1. The molecule has 2 fully saturated rings. The molecule has 0 bridgehead atoms. The van der Waals surface area contributed by atoms with Crippen molar-refractivity contribution >= 4 is 41.7 Å². The van der Waals surface area contributed by atoms with Gasteiger partial charge in [0.1, 0.15) is 0 Å². The molecule has 2 N–H and O–H groups in total.